The van der Waals surface area contributed by atoms with Gasteiger partial charge in [-0.3, -0.25) is 0 Å². The summed E-state index contributed by atoms with van der Waals surface area (Å²) in [5, 5.41) is 2.96. The summed E-state index contributed by atoms with van der Waals surface area (Å²) >= 11 is 0. The van der Waals surface area contributed by atoms with Gasteiger partial charge in [0.05, 0.1) is 5.56 Å². The Balaban J connectivity index is 2.49. The molecule has 1 aromatic rings. The molecule has 2 rings (SSSR count). The SMILES string of the molecule is Fc1ccc(C2CCCNC2)c(C(F)(F)F)c1F. The molecule has 18 heavy (non-hydrogen) atoms. The summed E-state index contributed by atoms with van der Waals surface area (Å²) < 4.78 is 64.8. The molecule has 1 atom stereocenters. The van der Waals surface area contributed by atoms with E-state index in [4.69, 9.17) is 0 Å². The van der Waals surface area contributed by atoms with Gasteiger partial charge in [-0.2, -0.15) is 13.2 Å². The van der Waals surface area contributed by atoms with Crippen molar-refractivity contribution in [3.63, 3.8) is 0 Å². The van der Waals surface area contributed by atoms with E-state index in [-0.39, 0.29) is 5.56 Å². The van der Waals surface area contributed by atoms with E-state index in [0.717, 1.165) is 25.1 Å². The summed E-state index contributed by atoms with van der Waals surface area (Å²) in [6, 6.07) is 1.80. The van der Waals surface area contributed by atoms with Crippen LogP contribution in [0, 0.1) is 11.6 Å². The molecule has 1 nitrogen and oxygen atoms in total. The number of piperidine rings is 1. The standard InChI is InChI=1S/C12H12F5N/c13-9-4-3-8(7-2-1-5-18-6-7)10(11(9)14)12(15,16)17/h3-4,7,18H,1-2,5-6H2. The third-order valence-corrected chi connectivity index (χ3v) is 3.15. The predicted molar refractivity (Wildman–Crippen MR) is 56.2 cm³/mol. The molecule has 100 valence electrons. The highest BCUT2D eigenvalue weighted by Gasteiger charge is 2.39. The van der Waals surface area contributed by atoms with Crippen molar-refractivity contribution in [2.75, 3.05) is 13.1 Å². The van der Waals surface area contributed by atoms with Crippen LogP contribution in [-0.4, -0.2) is 13.1 Å². The molecule has 1 aromatic carbocycles. The Morgan fingerprint density at radius 1 is 1.17 bits per heavy atom. The quantitative estimate of drug-likeness (QED) is 0.767. The number of benzene rings is 1. The minimum atomic E-state index is -4.88. The fourth-order valence-corrected chi connectivity index (χ4v) is 2.31. The largest absolute Gasteiger partial charge is 0.419 e. The van der Waals surface area contributed by atoms with Gasteiger partial charge in [-0.25, -0.2) is 8.78 Å². The Morgan fingerprint density at radius 2 is 1.89 bits per heavy atom. The third-order valence-electron chi connectivity index (χ3n) is 3.15. The highest BCUT2D eigenvalue weighted by molar-refractivity contribution is 5.35. The molecule has 1 saturated heterocycles. The van der Waals surface area contributed by atoms with Crippen molar-refractivity contribution in [1.82, 2.24) is 5.32 Å². The average molecular weight is 265 g/mol. The van der Waals surface area contributed by atoms with E-state index in [1.54, 1.807) is 0 Å². The van der Waals surface area contributed by atoms with Crippen molar-refractivity contribution in [1.29, 1.82) is 0 Å². The molecule has 0 aliphatic carbocycles. The van der Waals surface area contributed by atoms with Crippen LogP contribution in [-0.2, 0) is 6.18 Å². The first-order chi connectivity index (χ1) is 8.41. The highest BCUT2D eigenvalue weighted by atomic mass is 19.4. The van der Waals surface area contributed by atoms with Crippen LogP contribution in [0.2, 0.25) is 0 Å². The first-order valence-electron chi connectivity index (χ1n) is 5.67. The van der Waals surface area contributed by atoms with Crippen LogP contribution < -0.4 is 5.32 Å². The number of hydrogen-bond acceptors (Lipinski definition) is 1. The van der Waals surface area contributed by atoms with Crippen molar-refractivity contribution >= 4 is 0 Å². The van der Waals surface area contributed by atoms with E-state index in [1.165, 1.54) is 0 Å². The van der Waals surface area contributed by atoms with Gasteiger partial charge in [0.2, 0.25) is 0 Å². The fourth-order valence-electron chi connectivity index (χ4n) is 2.31. The summed E-state index contributed by atoms with van der Waals surface area (Å²) in [6.07, 6.45) is -3.61. The Morgan fingerprint density at radius 3 is 2.44 bits per heavy atom. The van der Waals surface area contributed by atoms with Gasteiger partial charge in [0, 0.05) is 6.54 Å². The van der Waals surface area contributed by atoms with E-state index < -0.39 is 29.3 Å². The summed E-state index contributed by atoms with van der Waals surface area (Å²) in [4.78, 5) is 0. The number of rotatable bonds is 1. The van der Waals surface area contributed by atoms with E-state index >= 15 is 0 Å². The summed E-state index contributed by atoms with van der Waals surface area (Å²) in [5.41, 5.74) is -1.62. The molecule has 0 amide bonds. The maximum Gasteiger partial charge on any atom is 0.419 e. The summed E-state index contributed by atoms with van der Waals surface area (Å²) in [7, 11) is 0. The molecule has 0 saturated carbocycles. The lowest BCUT2D eigenvalue weighted by Crippen LogP contribution is -2.30. The number of hydrogen-bond donors (Lipinski definition) is 1. The van der Waals surface area contributed by atoms with Crippen LogP contribution in [0.4, 0.5) is 22.0 Å². The first-order valence-corrected chi connectivity index (χ1v) is 5.67. The predicted octanol–water partition coefficient (Wildman–Crippen LogP) is 3.45. The van der Waals surface area contributed by atoms with E-state index in [0.29, 0.717) is 13.0 Å². The lowest BCUT2D eigenvalue weighted by molar-refractivity contribution is -0.141. The van der Waals surface area contributed by atoms with Gasteiger partial charge in [0.1, 0.15) is 0 Å². The van der Waals surface area contributed by atoms with Crippen molar-refractivity contribution in [3.05, 3.63) is 34.9 Å². The topological polar surface area (TPSA) is 12.0 Å². The van der Waals surface area contributed by atoms with Crippen LogP contribution in [0.25, 0.3) is 0 Å². The van der Waals surface area contributed by atoms with Gasteiger partial charge in [-0.15, -0.1) is 0 Å². The minimum Gasteiger partial charge on any atom is -0.316 e. The van der Waals surface area contributed by atoms with Crippen LogP contribution >= 0.6 is 0 Å². The average Bonchev–Trinajstić information content (AvgIpc) is 2.32. The molecule has 0 bridgehead atoms. The molecule has 6 heteroatoms. The minimum absolute atomic E-state index is 0.159. The second-order valence-electron chi connectivity index (χ2n) is 4.37. The number of nitrogens with one attached hydrogen (secondary N) is 1. The zero-order valence-electron chi connectivity index (χ0n) is 9.45. The first kappa shape index (κ1) is 13.3. The maximum absolute atomic E-state index is 13.4. The molecular formula is C12H12F5N. The second-order valence-corrected chi connectivity index (χ2v) is 4.37. The van der Waals surface area contributed by atoms with E-state index in [1.807, 2.05) is 0 Å². The number of halogens is 5. The molecule has 1 unspecified atom stereocenters. The van der Waals surface area contributed by atoms with Gasteiger partial charge in [0.15, 0.2) is 11.6 Å². The van der Waals surface area contributed by atoms with Crippen molar-refractivity contribution in [2.24, 2.45) is 0 Å². The van der Waals surface area contributed by atoms with Crippen molar-refractivity contribution < 1.29 is 22.0 Å². The number of alkyl halides is 3. The Labute approximate surface area is 101 Å². The Hall–Kier alpha value is -1.17. The molecular weight excluding hydrogens is 253 g/mol. The lowest BCUT2D eigenvalue weighted by Gasteiger charge is -2.26. The van der Waals surface area contributed by atoms with Crippen LogP contribution in [0.5, 0.6) is 0 Å². The smallest absolute Gasteiger partial charge is 0.316 e. The molecule has 1 fully saturated rings. The molecule has 1 heterocycles. The zero-order valence-corrected chi connectivity index (χ0v) is 9.45. The monoisotopic (exact) mass is 265 g/mol. The van der Waals surface area contributed by atoms with Gasteiger partial charge < -0.3 is 5.32 Å². The lowest BCUT2D eigenvalue weighted by atomic mass is 9.88. The molecule has 1 aliphatic rings. The van der Waals surface area contributed by atoms with Gasteiger partial charge in [-0.1, -0.05) is 6.07 Å². The summed E-state index contributed by atoms with van der Waals surface area (Å²) in [6.45, 7) is 1.09. The van der Waals surface area contributed by atoms with Gasteiger partial charge >= 0.3 is 6.18 Å². The Bertz CT molecular complexity index is 435. The summed E-state index contributed by atoms with van der Waals surface area (Å²) in [5.74, 6) is -3.69. The fraction of sp³-hybridized carbons (Fsp3) is 0.500. The van der Waals surface area contributed by atoms with Crippen molar-refractivity contribution in [2.45, 2.75) is 24.9 Å². The maximum atomic E-state index is 13.4. The molecule has 1 N–H and O–H groups in total. The van der Waals surface area contributed by atoms with E-state index in [2.05, 4.69) is 5.32 Å². The molecule has 0 spiro atoms. The van der Waals surface area contributed by atoms with Crippen LogP contribution in [0.1, 0.15) is 29.9 Å². The van der Waals surface area contributed by atoms with E-state index in [9.17, 15) is 22.0 Å². The Kier molecular flexibility index (Phi) is 3.56. The molecule has 0 radical (unpaired) electrons. The third kappa shape index (κ3) is 2.48. The highest BCUT2D eigenvalue weighted by Crippen LogP contribution is 2.39. The van der Waals surface area contributed by atoms with Gasteiger partial charge in [0.25, 0.3) is 0 Å². The normalized spacial score (nSPS) is 21.1. The molecule has 0 aromatic heterocycles. The molecule has 1 aliphatic heterocycles. The van der Waals surface area contributed by atoms with Crippen LogP contribution in [0.15, 0.2) is 12.1 Å². The van der Waals surface area contributed by atoms with Gasteiger partial charge in [-0.05, 0) is 36.9 Å². The van der Waals surface area contributed by atoms with Crippen molar-refractivity contribution in [3.8, 4) is 0 Å². The van der Waals surface area contributed by atoms with Crippen LogP contribution in [0.3, 0.4) is 0 Å². The zero-order chi connectivity index (χ0) is 13.3. The second kappa shape index (κ2) is 4.84.